The Kier molecular flexibility index (Phi) is 3.71. The molecule has 1 aromatic heterocycles. The van der Waals surface area contributed by atoms with Crippen LogP contribution in [-0.4, -0.2) is 39.8 Å². The van der Waals surface area contributed by atoms with Crippen molar-refractivity contribution in [2.45, 2.75) is 20.8 Å². The Labute approximate surface area is 120 Å². The number of esters is 1. The molecule has 21 heavy (non-hydrogen) atoms. The normalized spacial score (nSPS) is 22.4. The van der Waals surface area contributed by atoms with Crippen LogP contribution in [0.4, 0.5) is 5.82 Å². The van der Waals surface area contributed by atoms with Crippen molar-refractivity contribution in [2.24, 2.45) is 17.3 Å². The smallest absolute Gasteiger partial charge is 0.343 e. The number of H-pyrrole nitrogens is 1. The van der Waals surface area contributed by atoms with E-state index in [4.69, 9.17) is 9.84 Å². The number of amides is 1. The van der Waals surface area contributed by atoms with E-state index in [2.05, 4.69) is 15.5 Å². The van der Waals surface area contributed by atoms with Crippen LogP contribution in [0.5, 0.6) is 0 Å². The van der Waals surface area contributed by atoms with Gasteiger partial charge in [0, 0.05) is 0 Å². The molecule has 0 aromatic carbocycles. The molecule has 1 fully saturated rings. The minimum absolute atomic E-state index is 0.107. The molecule has 0 saturated heterocycles. The fourth-order valence-electron chi connectivity index (χ4n) is 2.53. The molecule has 114 valence electrons. The molecular formula is C13H17N3O5. The SMILES string of the molecule is CCOC(=O)c1cn[nH]c1NC(=O)[C@@H]1[C@@H](C(=O)O)C1(C)C. The minimum Gasteiger partial charge on any atom is -0.481 e. The quantitative estimate of drug-likeness (QED) is 0.693. The van der Waals surface area contributed by atoms with E-state index in [1.165, 1.54) is 6.20 Å². The Bertz CT molecular complexity index is 592. The molecule has 3 N–H and O–H groups in total. The van der Waals surface area contributed by atoms with Gasteiger partial charge < -0.3 is 15.2 Å². The van der Waals surface area contributed by atoms with Crippen LogP contribution in [0.15, 0.2) is 6.20 Å². The van der Waals surface area contributed by atoms with Gasteiger partial charge in [0.2, 0.25) is 5.91 Å². The highest BCUT2D eigenvalue weighted by molar-refractivity contribution is 6.03. The number of carboxylic acids is 1. The molecule has 0 unspecified atom stereocenters. The Morgan fingerprint density at radius 1 is 1.43 bits per heavy atom. The zero-order valence-electron chi connectivity index (χ0n) is 12.0. The molecule has 0 bridgehead atoms. The number of hydrogen-bond donors (Lipinski definition) is 3. The maximum atomic E-state index is 12.2. The first-order chi connectivity index (χ1) is 9.80. The van der Waals surface area contributed by atoms with E-state index in [1.54, 1.807) is 20.8 Å². The first kappa shape index (κ1) is 15.0. The van der Waals surface area contributed by atoms with E-state index >= 15 is 0 Å². The monoisotopic (exact) mass is 295 g/mol. The third-order valence-electron chi connectivity index (χ3n) is 3.76. The minimum atomic E-state index is -1.00. The molecular weight excluding hydrogens is 278 g/mol. The third kappa shape index (κ3) is 2.61. The number of aliphatic carboxylic acids is 1. The highest BCUT2D eigenvalue weighted by atomic mass is 16.5. The fourth-order valence-corrected chi connectivity index (χ4v) is 2.53. The van der Waals surface area contributed by atoms with Crippen LogP contribution in [0.1, 0.15) is 31.1 Å². The number of ether oxygens (including phenoxy) is 1. The summed E-state index contributed by atoms with van der Waals surface area (Å²) in [6.07, 6.45) is 1.25. The largest absolute Gasteiger partial charge is 0.481 e. The van der Waals surface area contributed by atoms with Gasteiger partial charge in [0.1, 0.15) is 11.4 Å². The summed E-state index contributed by atoms with van der Waals surface area (Å²) in [6.45, 7) is 5.30. The zero-order chi connectivity index (χ0) is 15.8. The van der Waals surface area contributed by atoms with E-state index in [-0.39, 0.29) is 18.0 Å². The lowest BCUT2D eigenvalue weighted by Crippen LogP contribution is -2.20. The molecule has 1 aliphatic carbocycles. The lowest BCUT2D eigenvalue weighted by molar-refractivity contribution is -0.140. The predicted molar refractivity (Wildman–Crippen MR) is 71.6 cm³/mol. The molecule has 1 saturated carbocycles. The average Bonchev–Trinajstić information content (AvgIpc) is 2.75. The van der Waals surface area contributed by atoms with Gasteiger partial charge in [0.05, 0.1) is 24.6 Å². The molecule has 8 nitrogen and oxygen atoms in total. The van der Waals surface area contributed by atoms with Crippen molar-refractivity contribution >= 4 is 23.7 Å². The van der Waals surface area contributed by atoms with Crippen LogP contribution >= 0.6 is 0 Å². The summed E-state index contributed by atoms with van der Waals surface area (Å²) in [5.41, 5.74) is -0.504. The maximum absolute atomic E-state index is 12.2. The third-order valence-corrected chi connectivity index (χ3v) is 3.76. The van der Waals surface area contributed by atoms with Crippen LogP contribution in [0.3, 0.4) is 0 Å². The van der Waals surface area contributed by atoms with Crippen molar-refractivity contribution in [3.8, 4) is 0 Å². The summed E-state index contributed by atoms with van der Waals surface area (Å²) in [4.78, 5) is 34.9. The van der Waals surface area contributed by atoms with Gasteiger partial charge in [-0.25, -0.2) is 4.79 Å². The number of aromatic nitrogens is 2. The summed E-state index contributed by atoms with van der Waals surface area (Å²) >= 11 is 0. The maximum Gasteiger partial charge on any atom is 0.343 e. The van der Waals surface area contributed by atoms with Crippen molar-refractivity contribution in [1.29, 1.82) is 0 Å². The molecule has 1 amide bonds. The number of nitrogens with zero attached hydrogens (tertiary/aromatic N) is 1. The van der Waals surface area contributed by atoms with Gasteiger partial charge in [-0.3, -0.25) is 14.7 Å². The second kappa shape index (κ2) is 5.19. The summed E-state index contributed by atoms with van der Waals surface area (Å²) in [5.74, 6) is -3.32. The lowest BCUT2D eigenvalue weighted by atomic mass is 10.1. The van der Waals surface area contributed by atoms with Crippen molar-refractivity contribution in [3.05, 3.63) is 11.8 Å². The second-order valence-corrected chi connectivity index (χ2v) is 5.48. The molecule has 1 heterocycles. The summed E-state index contributed by atoms with van der Waals surface area (Å²) in [6, 6.07) is 0. The molecule has 0 radical (unpaired) electrons. The van der Waals surface area contributed by atoms with Crippen molar-refractivity contribution in [1.82, 2.24) is 10.2 Å². The van der Waals surface area contributed by atoms with E-state index in [0.717, 1.165) is 0 Å². The second-order valence-electron chi connectivity index (χ2n) is 5.48. The molecule has 0 aliphatic heterocycles. The molecule has 0 spiro atoms. The zero-order valence-corrected chi connectivity index (χ0v) is 12.0. The van der Waals surface area contributed by atoms with Gasteiger partial charge in [0.25, 0.3) is 0 Å². The number of carbonyl (C=O) groups is 3. The van der Waals surface area contributed by atoms with Gasteiger partial charge in [-0.1, -0.05) is 13.8 Å². The summed E-state index contributed by atoms with van der Waals surface area (Å²) in [5, 5.41) is 17.8. The Balaban J connectivity index is 2.10. The Morgan fingerprint density at radius 2 is 2.10 bits per heavy atom. The van der Waals surface area contributed by atoms with Crippen molar-refractivity contribution in [2.75, 3.05) is 11.9 Å². The molecule has 1 aliphatic rings. The number of nitrogens with one attached hydrogen (secondary N) is 2. The highest BCUT2D eigenvalue weighted by Crippen LogP contribution is 2.58. The van der Waals surface area contributed by atoms with Crippen molar-refractivity contribution in [3.63, 3.8) is 0 Å². The van der Waals surface area contributed by atoms with Crippen LogP contribution in [0.2, 0.25) is 0 Å². The molecule has 1 aromatic rings. The van der Waals surface area contributed by atoms with E-state index < -0.39 is 35.1 Å². The van der Waals surface area contributed by atoms with Crippen LogP contribution in [0, 0.1) is 17.3 Å². The van der Waals surface area contributed by atoms with Gasteiger partial charge in [-0.2, -0.15) is 5.10 Å². The predicted octanol–water partition coefficient (Wildman–Crippen LogP) is 0.882. The topological polar surface area (TPSA) is 121 Å². The highest BCUT2D eigenvalue weighted by Gasteiger charge is 2.66. The van der Waals surface area contributed by atoms with Crippen LogP contribution < -0.4 is 5.32 Å². The molecule has 2 rings (SSSR count). The fraction of sp³-hybridized carbons (Fsp3) is 0.538. The number of rotatable bonds is 5. The van der Waals surface area contributed by atoms with Gasteiger partial charge in [-0.05, 0) is 12.3 Å². The molecule has 8 heteroatoms. The van der Waals surface area contributed by atoms with E-state index in [9.17, 15) is 14.4 Å². The van der Waals surface area contributed by atoms with Gasteiger partial charge in [0.15, 0.2) is 0 Å². The number of hydrogen-bond acceptors (Lipinski definition) is 5. The van der Waals surface area contributed by atoms with Gasteiger partial charge >= 0.3 is 11.9 Å². The first-order valence-corrected chi connectivity index (χ1v) is 6.54. The number of aromatic amines is 1. The Morgan fingerprint density at radius 3 is 2.62 bits per heavy atom. The summed E-state index contributed by atoms with van der Waals surface area (Å²) in [7, 11) is 0. The summed E-state index contributed by atoms with van der Waals surface area (Å²) < 4.78 is 4.84. The standard InChI is InChI=1S/C13H17N3O5/c1-4-21-12(20)6-5-14-16-9(6)15-10(17)7-8(11(18)19)13(7,2)3/h5,7-8H,4H2,1-3H3,(H,18,19)(H2,14,15,16,17)/t7-,8-/m0/s1. The number of carboxylic acid groups (broad SMARTS) is 1. The number of anilines is 1. The average molecular weight is 295 g/mol. The Hall–Kier alpha value is -2.38. The van der Waals surface area contributed by atoms with Gasteiger partial charge in [-0.15, -0.1) is 0 Å². The lowest BCUT2D eigenvalue weighted by Gasteiger charge is -2.06. The van der Waals surface area contributed by atoms with Crippen LogP contribution in [0.25, 0.3) is 0 Å². The number of carbonyl (C=O) groups excluding carboxylic acids is 2. The molecule has 2 atom stereocenters. The van der Waals surface area contributed by atoms with E-state index in [0.29, 0.717) is 0 Å². The van der Waals surface area contributed by atoms with E-state index in [1.807, 2.05) is 0 Å². The van der Waals surface area contributed by atoms with Crippen molar-refractivity contribution < 1.29 is 24.2 Å². The first-order valence-electron chi connectivity index (χ1n) is 6.54. The van der Waals surface area contributed by atoms with Crippen LogP contribution in [-0.2, 0) is 14.3 Å².